The smallest absolute Gasteiger partial charge is 0.222 e. The summed E-state index contributed by atoms with van der Waals surface area (Å²) in [6.45, 7) is 7.76. The van der Waals surface area contributed by atoms with Crippen LogP contribution in [0.4, 0.5) is 0 Å². The summed E-state index contributed by atoms with van der Waals surface area (Å²) >= 11 is 0. The number of nitrogens with one attached hydrogen (secondary N) is 2. The number of carbonyl (C=O) groups is 1. The van der Waals surface area contributed by atoms with Crippen LogP contribution in [0.1, 0.15) is 33.1 Å². The third-order valence-corrected chi connectivity index (χ3v) is 3.01. The summed E-state index contributed by atoms with van der Waals surface area (Å²) in [5.74, 6) is 0.0619. The van der Waals surface area contributed by atoms with Gasteiger partial charge < -0.3 is 20.1 Å². The van der Waals surface area contributed by atoms with E-state index in [-0.39, 0.29) is 24.4 Å². The van der Waals surface area contributed by atoms with E-state index < -0.39 is 0 Å². The molecule has 1 rings (SSSR count). The number of hydrogen-bond acceptors (Lipinski definition) is 4. The molecule has 19 heavy (non-hydrogen) atoms. The molecule has 0 bridgehead atoms. The van der Waals surface area contributed by atoms with Gasteiger partial charge >= 0.3 is 0 Å². The van der Waals surface area contributed by atoms with Crippen LogP contribution in [0.15, 0.2) is 0 Å². The zero-order chi connectivity index (χ0) is 13.2. The highest BCUT2D eigenvalue weighted by Crippen LogP contribution is 2.10. The summed E-state index contributed by atoms with van der Waals surface area (Å²) in [5, 5.41) is 6.15. The molecule has 1 fully saturated rings. The van der Waals surface area contributed by atoms with Crippen molar-refractivity contribution in [1.82, 2.24) is 10.6 Å². The third kappa shape index (κ3) is 9.21. The molecule has 1 saturated heterocycles. The lowest BCUT2D eigenvalue weighted by Crippen LogP contribution is -2.39. The van der Waals surface area contributed by atoms with E-state index in [0.717, 1.165) is 32.6 Å². The molecule has 1 atom stereocenters. The molecule has 1 heterocycles. The predicted octanol–water partition coefficient (Wildman–Crippen LogP) is 1.11. The fraction of sp³-hybridized carbons (Fsp3) is 0.923. The van der Waals surface area contributed by atoms with Crippen LogP contribution >= 0.6 is 12.4 Å². The van der Waals surface area contributed by atoms with Gasteiger partial charge in [-0.3, -0.25) is 4.79 Å². The van der Waals surface area contributed by atoms with Crippen LogP contribution in [0.25, 0.3) is 0 Å². The fourth-order valence-electron chi connectivity index (χ4n) is 1.94. The van der Waals surface area contributed by atoms with Crippen molar-refractivity contribution in [3.05, 3.63) is 0 Å². The molecule has 0 aromatic rings. The highest BCUT2D eigenvalue weighted by Gasteiger charge is 2.14. The van der Waals surface area contributed by atoms with Crippen LogP contribution in [0.5, 0.6) is 0 Å². The van der Waals surface area contributed by atoms with Gasteiger partial charge in [-0.2, -0.15) is 0 Å². The number of likely N-dealkylation sites (N-methyl/N-ethyl adjacent to an activating group) is 1. The molecule has 1 amide bonds. The van der Waals surface area contributed by atoms with Crippen molar-refractivity contribution < 1.29 is 14.3 Å². The van der Waals surface area contributed by atoms with Gasteiger partial charge in [-0.05, 0) is 26.3 Å². The first kappa shape index (κ1) is 18.6. The largest absolute Gasteiger partial charge is 0.381 e. The molecule has 1 aliphatic rings. The first-order chi connectivity index (χ1) is 8.72. The van der Waals surface area contributed by atoms with Crippen LogP contribution < -0.4 is 10.6 Å². The van der Waals surface area contributed by atoms with Gasteiger partial charge in [0, 0.05) is 32.2 Å². The second-order valence-corrected chi connectivity index (χ2v) is 4.70. The fourth-order valence-corrected chi connectivity index (χ4v) is 1.94. The molecule has 0 spiro atoms. The molecule has 2 N–H and O–H groups in total. The Balaban J connectivity index is 0.00000324. The highest BCUT2D eigenvalue weighted by atomic mass is 35.5. The molecule has 114 valence electrons. The standard InChI is InChI=1S/C13H26N2O3.ClH/c1-3-14-11(2)10-15-13(16)6-9-18-12-4-7-17-8-5-12;/h11-12,14H,3-10H2,1-2H3,(H,15,16);1H/t11-;/m1./s1. The van der Waals surface area contributed by atoms with E-state index in [1.807, 2.05) is 0 Å². The Kier molecular flexibility index (Phi) is 11.2. The minimum Gasteiger partial charge on any atom is -0.381 e. The molecule has 5 nitrogen and oxygen atoms in total. The summed E-state index contributed by atoms with van der Waals surface area (Å²) in [4.78, 5) is 11.5. The summed E-state index contributed by atoms with van der Waals surface area (Å²) < 4.78 is 10.9. The van der Waals surface area contributed by atoms with Crippen molar-refractivity contribution in [2.24, 2.45) is 0 Å². The van der Waals surface area contributed by atoms with Crippen LogP contribution in [-0.4, -0.2) is 51.0 Å². The topological polar surface area (TPSA) is 59.6 Å². The zero-order valence-electron chi connectivity index (χ0n) is 11.9. The van der Waals surface area contributed by atoms with Gasteiger partial charge in [-0.15, -0.1) is 12.4 Å². The Labute approximate surface area is 122 Å². The predicted molar refractivity (Wildman–Crippen MR) is 77.8 cm³/mol. The SMILES string of the molecule is CCN[C@H](C)CNC(=O)CCOC1CCOCC1.Cl. The van der Waals surface area contributed by atoms with Gasteiger partial charge in [-0.25, -0.2) is 0 Å². The van der Waals surface area contributed by atoms with Gasteiger partial charge in [0.1, 0.15) is 0 Å². The van der Waals surface area contributed by atoms with Gasteiger partial charge in [0.25, 0.3) is 0 Å². The zero-order valence-corrected chi connectivity index (χ0v) is 12.8. The molecule has 1 aliphatic heterocycles. The number of carbonyl (C=O) groups excluding carboxylic acids is 1. The van der Waals surface area contributed by atoms with E-state index in [2.05, 4.69) is 24.5 Å². The first-order valence-corrected chi connectivity index (χ1v) is 6.91. The van der Waals surface area contributed by atoms with Crippen molar-refractivity contribution in [2.45, 2.75) is 45.3 Å². The van der Waals surface area contributed by atoms with E-state index >= 15 is 0 Å². The Bertz CT molecular complexity index is 236. The Morgan fingerprint density at radius 3 is 2.74 bits per heavy atom. The minimum atomic E-state index is 0. The molecule has 0 aromatic heterocycles. The maximum Gasteiger partial charge on any atom is 0.222 e. The lowest BCUT2D eigenvalue weighted by molar-refractivity contribution is -0.123. The molecule has 6 heteroatoms. The van der Waals surface area contributed by atoms with E-state index in [1.54, 1.807) is 0 Å². The quantitative estimate of drug-likeness (QED) is 0.704. The van der Waals surface area contributed by atoms with Crippen molar-refractivity contribution in [3.63, 3.8) is 0 Å². The second-order valence-electron chi connectivity index (χ2n) is 4.70. The average Bonchev–Trinajstić information content (AvgIpc) is 2.38. The third-order valence-electron chi connectivity index (χ3n) is 3.01. The number of amides is 1. The summed E-state index contributed by atoms with van der Waals surface area (Å²) in [7, 11) is 0. The van der Waals surface area contributed by atoms with Gasteiger partial charge in [0.15, 0.2) is 0 Å². The number of ether oxygens (including phenoxy) is 2. The van der Waals surface area contributed by atoms with E-state index in [9.17, 15) is 4.79 Å². The molecule has 0 aromatic carbocycles. The Hall–Kier alpha value is -0.360. The van der Waals surface area contributed by atoms with Gasteiger partial charge in [-0.1, -0.05) is 6.92 Å². The summed E-state index contributed by atoms with van der Waals surface area (Å²) in [6, 6.07) is 0.315. The lowest BCUT2D eigenvalue weighted by Gasteiger charge is -2.22. The van der Waals surface area contributed by atoms with E-state index in [4.69, 9.17) is 9.47 Å². The van der Waals surface area contributed by atoms with Crippen LogP contribution in [0.2, 0.25) is 0 Å². The van der Waals surface area contributed by atoms with Crippen LogP contribution in [0, 0.1) is 0 Å². The molecular weight excluding hydrogens is 268 g/mol. The number of hydrogen-bond donors (Lipinski definition) is 2. The van der Waals surface area contributed by atoms with Crippen molar-refractivity contribution in [2.75, 3.05) is 32.9 Å². The van der Waals surface area contributed by atoms with Crippen LogP contribution in [-0.2, 0) is 14.3 Å². The lowest BCUT2D eigenvalue weighted by atomic mass is 10.1. The number of halogens is 1. The summed E-state index contributed by atoms with van der Waals surface area (Å²) in [6.07, 6.45) is 2.60. The average molecular weight is 295 g/mol. The maximum atomic E-state index is 11.5. The molecular formula is C13H27ClN2O3. The van der Waals surface area contributed by atoms with E-state index in [1.165, 1.54) is 0 Å². The molecule has 0 radical (unpaired) electrons. The van der Waals surface area contributed by atoms with Crippen molar-refractivity contribution in [3.8, 4) is 0 Å². The van der Waals surface area contributed by atoms with Gasteiger partial charge in [0.05, 0.1) is 12.7 Å². The second kappa shape index (κ2) is 11.5. The van der Waals surface area contributed by atoms with E-state index in [0.29, 0.717) is 25.6 Å². The highest BCUT2D eigenvalue weighted by molar-refractivity contribution is 5.85. The Morgan fingerprint density at radius 2 is 2.11 bits per heavy atom. The normalized spacial score (nSPS) is 17.6. The molecule has 0 unspecified atom stereocenters. The maximum absolute atomic E-state index is 11.5. The minimum absolute atomic E-state index is 0. The molecule has 0 aliphatic carbocycles. The van der Waals surface area contributed by atoms with Gasteiger partial charge in [0.2, 0.25) is 5.91 Å². The monoisotopic (exact) mass is 294 g/mol. The Morgan fingerprint density at radius 1 is 1.42 bits per heavy atom. The first-order valence-electron chi connectivity index (χ1n) is 6.91. The molecule has 0 saturated carbocycles. The van der Waals surface area contributed by atoms with Crippen molar-refractivity contribution in [1.29, 1.82) is 0 Å². The van der Waals surface area contributed by atoms with Crippen molar-refractivity contribution >= 4 is 18.3 Å². The van der Waals surface area contributed by atoms with Crippen LogP contribution in [0.3, 0.4) is 0 Å². The number of rotatable bonds is 8. The summed E-state index contributed by atoms with van der Waals surface area (Å²) in [5.41, 5.74) is 0.